The van der Waals surface area contributed by atoms with Gasteiger partial charge in [-0.25, -0.2) is 0 Å². The van der Waals surface area contributed by atoms with E-state index in [1.807, 2.05) is 18.2 Å². The van der Waals surface area contributed by atoms with Crippen molar-refractivity contribution in [2.75, 3.05) is 7.11 Å². The van der Waals surface area contributed by atoms with E-state index < -0.39 is 5.79 Å². The first-order valence-electron chi connectivity index (χ1n) is 6.14. The Hall–Kier alpha value is -0.860. The Morgan fingerprint density at radius 1 is 1.06 bits per heavy atom. The predicted molar refractivity (Wildman–Crippen MR) is 62.0 cm³/mol. The minimum atomic E-state index is -0.450. The Labute approximate surface area is 96.6 Å². The molecule has 86 valence electrons. The molecule has 1 aliphatic heterocycles. The first kappa shape index (κ1) is 10.3. The largest absolute Gasteiger partial charge is 0.347 e. The van der Waals surface area contributed by atoms with Crippen LogP contribution in [0.25, 0.3) is 0 Å². The van der Waals surface area contributed by atoms with Crippen LogP contribution in [0.1, 0.15) is 37.7 Å². The molecule has 1 saturated carbocycles. The molecule has 2 fully saturated rings. The number of hydrogen-bond donors (Lipinski definition) is 0. The average Bonchev–Trinajstić information content (AvgIpc) is 3.00. The molecule has 1 atom stereocenters. The quantitative estimate of drug-likeness (QED) is 0.711. The van der Waals surface area contributed by atoms with Crippen LogP contribution in [-0.4, -0.2) is 12.7 Å². The lowest BCUT2D eigenvalue weighted by Crippen LogP contribution is -2.28. The first-order valence-corrected chi connectivity index (χ1v) is 6.14. The number of ether oxygens (including phenoxy) is 2. The highest BCUT2D eigenvalue weighted by molar-refractivity contribution is 5.31. The fraction of sp³-hybridized carbons (Fsp3) is 0.571. The monoisotopic (exact) mass is 218 g/mol. The van der Waals surface area contributed by atoms with Gasteiger partial charge < -0.3 is 9.47 Å². The molecule has 2 heteroatoms. The van der Waals surface area contributed by atoms with E-state index in [1.165, 1.54) is 24.8 Å². The normalized spacial score (nSPS) is 31.6. The van der Waals surface area contributed by atoms with E-state index in [4.69, 9.17) is 9.47 Å². The molecule has 2 aliphatic rings. The Balaban J connectivity index is 1.92. The third kappa shape index (κ3) is 1.26. The van der Waals surface area contributed by atoms with Crippen molar-refractivity contribution in [2.24, 2.45) is 0 Å². The van der Waals surface area contributed by atoms with Crippen LogP contribution in [-0.2, 0) is 15.3 Å². The zero-order valence-electron chi connectivity index (χ0n) is 9.74. The van der Waals surface area contributed by atoms with Gasteiger partial charge in [-0.1, -0.05) is 49.6 Å². The van der Waals surface area contributed by atoms with Crippen molar-refractivity contribution in [3.05, 3.63) is 35.9 Å². The third-order valence-electron chi connectivity index (χ3n) is 4.00. The molecule has 0 radical (unpaired) electrons. The SMILES string of the molecule is CO[C@]1(c2ccccc2)OC12CCCCC2. The summed E-state index contributed by atoms with van der Waals surface area (Å²) in [5.74, 6) is -0.450. The van der Waals surface area contributed by atoms with Gasteiger partial charge in [0.25, 0.3) is 0 Å². The summed E-state index contributed by atoms with van der Waals surface area (Å²) in [6.45, 7) is 0. The van der Waals surface area contributed by atoms with Gasteiger partial charge in [0.05, 0.1) is 0 Å². The first-order chi connectivity index (χ1) is 7.83. The van der Waals surface area contributed by atoms with Crippen LogP contribution in [0, 0.1) is 0 Å². The molecule has 0 N–H and O–H groups in total. The second kappa shape index (κ2) is 3.57. The predicted octanol–water partition coefficient (Wildman–Crippen LogP) is 3.22. The van der Waals surface area contributed by atoms with Gasteiger partial charge in [0.2, 0.25) is 5.79 Å². The van der Waals surface area contributed by atoms with Crippen LogP contribution in [0.15, 0.2) is 30.3 Å². The maximum atomic E-state index is 6.05. The molecule has 1 saturated heterocycles. The standard InChI is InChI=1S/C14H18O2/c1-15-14(12-8-4-2-5-9-12)13(16-14)10-6-3-7-11-13/h2,4-5,8-9H,3,6-7,10-11H2,1H3/t14-/m1/s1. The highest BCUT2D eigenvalue weighted by atomic mass is 16.8. The molecule has 0 bridgehead atoms. The zero-order chi connectivity index (χ0) is 11.1. The van der Waals surface area contributed by atoms with Gasteiger partial charge in [-0.15, -0.1) is 0 Å². The van der Waals surface area contributed by atoms with Gasteiger partial charge in [0.1, 0.15) is 5.60 Å². The lowest BCUT2D eigenvalue weighted by Gasteiger charge is -2.22. The maximum Gasteiger partial charge on any atom is 0.225 e. The number of methoxy groups -OCH3 is 1. The minimum absolute atomic E-state index is 0.0264. The number of hydrogen-bond acceptors (Lipinski definition) is 2. The van der Waals surface area contributed by atoms with Crippen molar-refractivity contribution in [1.29, 1.82) is 0 Å². The van der Waals surface area contributed by atoms with Gasteiger partial charge in [-0.05, 0) is 12.8 Å². The van der Waals surface area contributed by atoms with Crippen LogP contribution >= 0.6 is 0 Å². The molecule has 1 spiro atoms. The molecule has 0 aromatic heterocycles. The van der Waals surface area contributed by atoms with E-state index in [2.05, 4.69) is 12.1 Å². The minimum Gasteiger partial charge on any atom is -0.347 e. The summed E-state index contributed by atoms with van der Waals surface area (Å²) in [6, 6.07) is 10.3. The maximum absolute atomic E-state index is 6.05. The Morgan fingerprint density at radius 2 is 1.75 bits per heavy atom. The molecule has 0 unspecified atom stereocenters. The van der Waals surface area contributed by atoms with Crippen LogP contribution in [0.2, 0.25) is 0 Å². The van der Waals surface area contributed by atoms with Crippen LogP contribution in [0.4, 0.5) is 0 Å². The zero-order valence-corrected chi connectivity index (χ0v) is 9.74. The fourth-order valence-electron chi connectivity index (χ4n) is 3.13. The van der Waals surface area contributed by atoms with Crippen molar-refractivity contribution < 1.29 is 9.47 Å². The third-order valence-corrected chi connectivity index (χ3v) is 4.00. The van der Waals surface area contributed by atoms with Crippen molar-refractivity contribution in [3.63, 3.8) is 0 Å². The van der Waals surface area contributed by atoms with Gasteiger partial charge in [0, 0.05) is 12.7 Å². The summed E-state index contributed by atoms with van der Waals surface area (Å²) in [5, 5.41) is 0. The molecular weight excluding hydrogens is 200 g/mol. The van der Waals surface area contributed by atoms with Crippen LogP contribution in [0.3, 0.4) is 0 Å². The van der Waals surface area contributed by atoms with Crippen molar-refractivity contribution in [2.45, 2.75) is 43.5 Å². The highest BCUT2D eigenvalue weighted by Crippen LogP contribution is 2.62. The van der Waals surface area contributed by atoms with E-state index >= 15 is 0 Å². The summed E-state index contributed by atoms with van der Waals surface area (Å²) in [4.78, 5) is 0. The molecule has 16 heavy (non-hydrogen) atoms. The molecule has 2 nitrogen and oxygen atoms in total. The molecule has 0 amide bonds. The molecular formula is C14H18O2. The van der Waals surface area contributed by atoms with E-state index in [0.29, 0.717) is 0 Å². The van der Waals surface area contributed by atoms with E-state index in [1.54, 1.807) is 7.11 Å². The lowest BCUT2D eigenvalue weighted by molar-refractivity contribution is -0.0153. The summed E-state index contributed by atoms with van der Waals surface area (Å²) in [5.41, 5.74) is 1.14. The van der Waals surface area contributed by atoms with Crippen molar-refractivity contribution in [1.82, 2.24) is 0 Å². The molecule has 3 rings (SSSR count). The second-order valence-corrected chi connectivity index (χ2v) is 4.84. The number of rotatable bonds is 2. The van der Waals surface area contributed by atoms with E-state index in [-0.39, 0.29) is 5.60 Å². The summed E-state index contributed by atoms with van der Waals surface area (Å²) >= 11 is 0. The van der Waals surface area contributed by atoms with Crippen molar-refractivity contribution >= 4 is 0 Å². The smallest absolute Gasteiger partial charge is 0.225 e. The van der Waals surface area contributed by atoms with E-state index in [9.17, 15) is 0 Å². The topological polar surface area (TPSA) is 21.8 Å². The Kier molecular flexibility index (Phi) is 2.30. The summed E-state index contributed by atoms with van der Waals surface area (Å²) in [7, 11) is 1.76. The Bertz CT molecular complexity index is 368. The van der Waals surface area contributed by atoms with Crippen LogP contribution < -0.4 is 0 Å². The number of epoxide rings is 1. The lowest BCUT2D eigenvalue weighted by atomic mass is 9.82. The van der Waals surface area contributed by atoms with Gasteiger partial charge in [-0.3, -0.25) is 0 Å². The van der Waals surface area contributed by atoms with Crippen LogP contribution in [0.5, 0.6) is 0 Å². The van der Waals surface area contributed by atoms with Gasteiger partial charge >= 0.3 is 0 Å². The van der Waals surface area contributed by atoms with Gasteiger partial charge in [0.15, 0.2) is 0 Å². The summed E-state index contributed by atoms with van der Waals surface area (Å²) < 4.78 is 11.8. The molecule has 1 aromatic carbocycles. The molecule has 1 aromatic rings. The van der Waals surface area contributed by atoms with E-state index in [0.717, 1.165) is 12.8 Å². The average molecular weight is 218 g/mol. The van der Waals surface area contributed by atoms with Crippen molar-refractivity contribution in [3.8, 4) is 0 Å². The molecule has 1 heterocycles. The highest BCUT2D eigenvalue weighted by Gasteiger charge is 2.71. The summed E-state index contributed by atoms with van der Waals surface area (Å²) in [6.07, 6.45) is 6.13. The fourth-order valence-corrected chi connectivity index (χ4v) is 3.13. The van der Waals surface area contributed by atoms with Gasteiger partial charge in [-0.2, -0.15) is 0 Å². The number of benzene rings is 1. The Morgan fingerprint density at radius 3 is 2.38 bits per heavy atom. The second-order valence-electron chi connectivity index (χ2n) is 4.84. The molecule has 1 aliphatic carbocycles.